The molecular formula is C27H33BrN6O4S. The maximum atomic E-state index is 14.5. The number of aliphatic hydroxyl groups excluding tert-OH is 1. The van der Waals surface area contributed by atoms with E-state index in [1.165, 1.54) is 0 Å². The Morgan fingerprint density at radius 2 is 2.00 bits per heavy atom. The number of alkyl halides is 1. The van der Waals surface area contributed by atoms with Crippen LogP contribution in [-0.2, 0) is 21.1 Å². The van der Waals surface area contributed by atoms with Crippen LogP contribution in [0.15, 0.2) is 49.6 Å². The van der Waals surface area contributed by atoms with Gasteiger partial charge in [0.2, 0.25) is 17.7 Å². The number of thioether (sulfide) groups is 1. The maximum absolute atomic E-state index is 14.5. The molecule has 1 aromatic heterocycles. The molecule has 3 unspecified atom stereocenters. The molecule has 5 rings (SSSR count). The van der Waals surface area contributed by atoms with Gasteiger partial charge >= 0.3 is 0 Å². The highest BCUT2D eigenvalue weighted by atomic mass is 79.9. The second kappa shape index (κ2) is 11.1. The van der Waals surface area contributed by atoms with Gasteiger partial charge in [-0.3, -0.25) is 14.4 Å². The number of benzene rings is 1. The first-order valence-electron chi connectivity index (χ1n) is 13.1. The van der Waals surface area contributed by atoms with E-state index in [4.69, 9.17) is 0 Å². The fourth-order valence-electron chi connectivity index (χ4n) is 6.44. The zero-order chi connectivity index (χ0) is 27.9. The van der Waals surface area contributed by atoms with E-state index >= 15 is 0 Å². The van der Waals surface area contributed by atoms with E-state index in [9.17, 15) is 19.5 Å². The quantitative estimate of drug-likeness (QED) is 0.303. The molecule has 2 aromatic rings. The Hall–Kier alpha value is -2.70. The van der Waals surface area contributed by atoms with Gasteiger partial charge in [-0.1, -0.05) is 45.4 Å². The van der Waals surface area contributed by atoms with Crippen LogP contribution in [0.5, 0.6) is 0 Å². The monoisotopic (exact) mass is 616 g/mol. The molecule has 12 heteroatoms. The summed E-state index contributed by atoms with van der Waals surface area (Å²) in [6.07, 6.45) is 4.25. The molecule has 39 heavy (non-hydrogen) atoms. The van der Waals surface area contributed by atoms with E-state index in [-0.39, 0.29) is 54.2 Å². The number of likely N-dealkylation sites (N-methyl/N-ethyl adjacent to an activating group) is 1. The average Bonchev–Trinajstić information content (AvgIpc) is 3.64. The minimum atomic E-state index is -0.783. The normalized spacial score (nSPS) is 29.1. The van der Waals surface area contributed by atoms with E-state index in [2.05, 4.69) is 39.4 Å². The van der Waals surface area contributed by atoms with E-state index < -0.39 is 22.6 Å². The van der Waals surface area contributed by atoms with Crippen molar-refractivity contribution < 1.29 is 19.5 Å². The standard InChI is InChI=1S/C27H33BrN6O4S/c1-4-11-31(3)24(36)20-21-25(37)33(13-8-14-35)23(27(21)15-17(28)22(20)39-27)26(38)32(12-5-2)16-34-19-10-7-6-9-18(19)29-30-34/h4-7,9-10,17,20-23,35H,1-2,8,11-16H2,3H3/t17?,20-,21+,22-,23?,27?/m1/s1. The highest BCUT2D eigenvalue weighted by Crippen LogP contribution is 2.68. The first kappa shape index (κ1) is 27.9. The number of aliphatic hydroxyl groups is 1. The van der Waals surface area contributed by atoms with Crippen LogP contribution in [0.25, 0.3) is 11.0 Å². The van der Waals surface area contributed by atoms with Crippen molar-refractivity contribution in [1.29, 1.82) is 0 Å². The van der Waals surface area contributed by atoms with Crippen LogP contribution in [0, 0.1) is 11.8 Å². The summed E-state index contributed by atoms with van der Waals surface area (Å²) < 4.78 is 0.908. The van der Waals surface area contributed by atoms with Crippen molar-refractivity contribution in [2.75, 3.05) is 33.3 Å². The Balaban J connectivity index is 1.53. The van der Waals surface area contributed by atoms with Crippen LogP contribution in [0.3, 0.4) is 0 Å². The molecule has 0 radical (unpaired) electrons. The van der Waals surface area contributed by atoms with Crippen molar-refractivity contribution in [2.45, 2.75) is 40.4 Å². The number of carbonyl (C=O) groups excluding carboxylic acids is 3. The summed E-state index contributed by atoms with van der Waals surface area (Å²) in [4.78, 5) is 47.0. The van der Waals surface area contributed by atoms with Crippen molar-refractivity contribution in [3.8, 4) is 0 Å². The van der Waals surface area contributed by atoms with E-state index in [1.807, 2.05) is 24.3 Å². The number of rotatable bonds is 11. The van der Waals surface area contributed by atoms with Crippen LogP contribution in [0.2, 0.25) is 0 Å². The number of hydrogen-bond acceptors (Lipinski definition) is 7. The molecule has 208 valence electrons. The lowest BCUT2D eigenvalue weighted by Gasteiger charge is -2.38. The van der Waals surface area contributed by atoms with E-state index in [0.717, 1.165) is 11.0 Å². The van der Waals surface area contributed by atoms with E-state index in [1.54, 1.807) is 50.3 Å². The molecule has 3 aliphatic heterocycles. The third kappa shape index (κ3) is 4.50. The Morgan fingerprint density at radius 1 is 1.26 bits per heavy atom. The van der Waals surface area contributed by atoms with Crippen LogP contribution in [0.1, 0.15) is 12.8 Å². The first-order valence-corrected chi connectivity index (χ1v) is 14.9. The van der Waals surface area contributed by atoms with Gasteiger partial charge in [0.05, 0.1) is 22.1 Å². The van der Waals surface area contributed by atoms with Gasteiger partial charge in [0.15, 0.2) is 0 Å². The number of amides is 3. The number of para-hydroxylation sites is 1. The lowest BCUT2D eigenvalue weighted by Crippen LogP contribution is -2.56. The van der Waals surface area contributed by atoms with Gasteiger partial charge < -0.3 is 19.8 Å². The maximum Gasteiger partial charge on any atom is 0.248 e. The molecule has 3 amide bonds. The summed E-state index contributed by atoms with van der Waals surface area (Å²) in [6.45, 7) is 8.50. The first-order chi connectivity index (χ1) is 18.8. The molecular weight excluding hydrogens is 584 g/mol. The van der Waals surface area contributed by atoms with Crippen LogP contribution >= 0.6 is 27.7 Å². The zero-order valence-corrected chi connectivity index (χ0v) is 24.3. The summed E-state index contributed by atoms with van der Waals surface area (Å²) in [5.41, 5.74) is 1.52. The Bertz CT molecular complexity index is 1300. The predicted molar refractivity (Wildman–Crippen MR) is 153 cm³/mol. The largest absolute Gasteiger partial charge is 0.396 e. The molecule has 1 N–H and O–H groups in total. The predicted octanol–water partition coefficient (Wildman–Crippen LogP) is 1.89. The number of halogens is 1. The third-order valence-corrected chi connectivity index (χ3v) is 11.3. The number of carbonyl (C=O) groups is 3. The number of nitrogens with zero attached hydrogens (tertiary/aromatic N) is 6. The third-order valence-electron chi connectivity index (χ3n) is 8.03. The highest BCUT2D eigenvalue weighted by molar-refractivity contribution is 9.09. The number of aromatic nitrogens is 3. The molecule has 3 fully saturated rings. The van der Waals surface area contributed by atoms with Gasteiger partial charge in [-0.2, -0.15) is 0 Å². The second-order valence-electron chi connectivity index (χ2n) is 10.3. The zero-order valence-electron chi connectivity index (χ0n) is 21.9. The van der Waals surface area contributed by atoms with Crippen LogP contribution in [-0.4, -0.2) is 107 Å². The number of likely N-dealkylation sites (tertiary alicyclic amines) is 1. The molecule has 0 aliphatic carbocycles. The van der Waals surface area contributed by atoms with Gasteiger partial charge in [0.1, 0.15) is 18.2 Å². The topological polar surface area (TPSA) is 112 Å². The molecule has 3 saturated heterocycles. The fraction of sp³-hybridized carbons (Fsp3) is 0.519. The van der Waals surface area contributed by atoms with Gasteiger partial charge in [0, 0.05) is 43.4 Å². The smallest absolute Gasteiger partial charge is 0.248 e. The average molecular weight is 618 g/mol. The van der Waals surface area contributed by atoms with Crippen LogP contribution < -0.4 is 0 Å². The number of hydrogen-bond donors (Lipinski definition) is 1. The van der Waals surface area contributed by atoms with Crippen molar-refractivity contribution >= 4 is 56.4 Å². The van der Waals surface area contributed by atoms with E-state index in [0.29, 0.717) is 19.4 Å². The molecule has 1 aromatic carbocycles. The summed E-state index contributed by atoms with van der Waals surface area (Å²) in [6, 6.07) is 6.74. The van der Waals surface area contributed by atoms with Gasteiger partial charge in [-0.15, -0.1) is 30.0 Å². The van der Waals surface area contributed by atoms with Gasteiger partial charge in [0.25, 0.3) is 0 Å². The SMILES string of the molecule is C=CCN(C)C(=O)[C@H]1[C@@H]2SC3(CC2Br)C(C(=O)N(CC=C)Cn2nnc4ccccc42)N(CCCO)C(=O)[C@H]13. The van der Waals surface area contributed by atoms with Gasteiger partial charge in [-0.25, -0.2) is 4.68 Å². The minimum absolute atomic E-state index is 0.0159. The summed E-state index contributed by atoms with van der Waals surface area (Å²) in [5, 5.41) is 18.0. The summed E-state index contributed by atoms with van der Waals surface area (Å²) in [7, 11) is 1.72. The minimum Gasteiger partial charge on any atom is -0.396 e. The molecule has 10 nitrogen and oxygen atoms in total. The summed E-state index contributed by atoms with van der Waals surface area (Å²) in [5.74, 6) is -1.68. The molecule has 0 saturated carbocycles. The lowest BCUT2D eigenvalue weighted by molar-refractivity contribution is -0.144. The fourth-order valence-corrected chi connectivity index (χ4v) is 10.0. The van der Waals surface area contributed by atoms with Gasteiger partial charge in [-0.05, 0) is 25.0 Å². The highest BCUT2D eigenvalue weighted by Gasteiger charge is 2.75. The van der Waals surface area contributed by atoms with Crippen molar-refractivity contribution in [3.63, 3.8) is 0 Å². The number of fused-ring (bicyclic) bond motifs is 2. The Kier molecular flexibility index (Phi) is 7.89. The van der Waals surface area contributed by atoms with Crippen molar-refractivity contribution in [3.05, 3.63) is 49.6 Å². The molecule has 6 atom stereocenters. The molecule has 2 bridgehead atoms. The van der Waals surface area contributed by atoms with Crippen molar-refractivity contribution in [1.82, 2.24) is 29.7 Å². The second-order valence-corrected chi connectivity index (χ2v) is 13.1. The Labute approximate surface area is 240 Å². The van der Waals surface area contributed by atoms with Crippen molar-refractivity contribution in [2.24, 2.45) is 11.8 Å². The summed E-state index contributed by atoms with van der Waals surface area (Å²) >= 11 is 5.39. The molecule has 1 spiro atoms. The van der Waals surface area contributed by atoms with Crippen LogP contribution in [0.4, 0.5) is 0 Å². The lowest BCUT2D eigenvalue weighted by atomic mass is 9.70. The Morgan fingerprint density at radius 3 is 2.72 bits per heavy atom. The molecule has 3 aliphatic rings. The molecule has 4 heterocycles.